The summed E-state index contributed by atoms with van der Waals surface area (Å²) in [7, 11) is 0. The van der Waals surface area contributed by atoms with E-state index < -0.39 is 0 Å². The Hall–Kier alpha value is -1.70. The van der Waals surface area contributed by atoms with Gasteiger partial charge in [-0.3, -0.25) is 4.98 Å². The minimum absolute atomic E-state index is 0.820. The maximum atomic E-state index is 4.19. The SMILES string of the molecule is CC(CCCCCCCCc1cccnc1)CC(C)CC[n+]1ccccc1. The first kappa shape index (κ1) is 21.6. The highest BCUT2D eigenvalue weighted by atomic mass is 14.9. The summed E-state index contributed by atoms with van der Waals surface area (Å²) >= 11 is 0. The van der Waals surface area contributed by atoms with E-state index in [-0.39, 0.29) is 0 Å². The van der Waals surface area contributed by atoms with Gasteiger partial charge in [0.2, 0.25) is 0 Å². The van der Waals surface area contributed by atoms with E-state index in [0.717, 1.165) is 18.4 Å². The van der Waals surface area contributed by atoms with Crippen LogP contribution < -0.4 is 4.57 Å². The van der Waals surface area contributed by atoms with E-state index in [1.165, 1.54) is 69.8 Å². The van der Waals surface area contributed by atoms with Crippen molar-refractivity contribution in [1.29, 1.82) is 0 Å². The van der Waals surface area contributed by atoms with E-state index in [4.69, 9.17) is 0 Å². The van der Waals surface area contributed by atoms with Crippen molar-refractivity contribution in [3.05, 3.63) is 60.7 Å². The number of aryl methyl sites for hydroxylation is 2. The topological polar surface area (TPSA) is 16.8 Å². The summed E-state index contributed by atoms with van der Waals surface area (Å²) in [6.45, 7) is 6.01. The van der Waals surface area contributed by atoms with Crippen molar-refractivity contribution >= 4 is 0 Å². The molecule has 2 rings (SSSR count). The molecule has 0 aliphatic heterocycles. The Bertz CT molecular complexity index is 582. The number of unbranched alkanes of at least 4 members (excludes halogenated alkanes) is 5. The standard InChI is InChI=1S/C25H39N2/c1-23(21-24(2)16-20-27-18-10-7-11-19-27)13-8-5-3-4-6-9-14-25-15-12-17-26-22-25/h7,10-12,15,17-19,22-24H,3-6,8-9,13-14,16,20-21H2,1-2H3/q+1. The molecule has 0 fully saturated rings. The molecule has 0 N–H and O–H groups in total. The van der Waals surface area contributed by atoms with Crippen LogP contribution in [0.2, 0.25) is 0 Å². The fraction of sp³-hybridized carbons (Fsp3) is 0.600. The van der Waals surface area contributed by atoms with E-state index in [1.54, 1.807) is 0 Å². The highest BCUT2D eigenvalue weighted by Gasteiger charge is 2.11. The normalized spacial score (nSPS) is 13.4. The molecular formula is C25H39N2+. The summed E-state index contributed by atoms with van der Waals surface area (Å²) in [5, 5.41) is 0. The van der Waals surface area contributed by atoms with Crippen molar-refractivity contribution in [3.63, 3.8) is 0 Å². The Labute approximate surface area is 167 Å². The molecule has 148 valence electrons. The van der Waals surface area contributed by atoms with Crippen LogP contribution in [-0.2, 0) is 13.0 Å². The van der Waals surface area contributed by atoms with Gasteiger partial charge in [0.15, 0.2) is 12.4 Å². The van der Waals surface area contributed by atoms with Crippen LogP contribution in [0.5, 0.6) is 0 Å². The van der Waals surface area contributed by atoms with Gasteiger partial charge in [0.05, 0.1) is 0 Å². The zero-order chi connectivity index (χ0) is 19.2. The lowest BCUT2D eigenvalue weighted by Crippen LogP contribution is -2.33. The van der Waals surface area contributed by atoms with Crippen LogP contribution in [-0.4, -0.2) is 4.98 Å². The fourth-order valence-electron chi connectivity index (χ4n) is 3.95. The van der Waals surface area contributed by atoms with Crippen molar-refractivity contribution in [3.8, 4) is 0 Å². The number of rotatable bonds is 14. The maximum absolute atomic E-state index is 4.19. The molecule has 0 aliphatic rings. The van der Waals surface area contributed by atoms with Crippen molar-refractivity contribution in [1.82, 2.24) is 4.98 Å². The summed E-state index contributed by atoms with van der Waals surface area (Å²) < 4.78 is 2.30. The predicted octanol–water partition coefficient (Wildman–Crippen LogP) is 6.39. The van der Waals surface area contributed by atoms with Crippen LogP contribution in [0.25, 0.3) is 0 Å². The Morgan fingerprint density at radius 2 is 1.52 bits per heavy atom. The van der Waals surface area contributed by atoms with E-state index in [0.29, 0.717) is 0 Å². The Kier molecular flexibility index (Phi) is 10.8. The molecule has 2 aromatic rings. The molecule has 0 amide bonds. The highest BCUT2D eigenvalue weighted by molar-refractivity contribution is 5.08. The Morgan fingerprint density at radius 1 is 0.815 bits per heavy atom. The number of hydrogen-bond donors (Lipinski definition) is 0. The van der Waals surface area contributed by atoms with Gasteiger partial charge in [0, 0.05) is 30.9 Å². The van der Waals surface area contributed by atoms with Crippen LogP contribution in [0.4, 0.5) is 0 Å². The van der Waals surface area contributed by atoms with Crippen molar-refractivity contribution in [2.24, 2.45) is 11.8 Å². The average Bonchev–Trinajstić information content (AvgIpc) is 2.70. The van der Waals surface area contributed by atoms with Crippen LogP contribution in [0.3, 0.4) is 0 Å². The molecule has 27 heavy (non-hydrogen) atoms. The molecule has 0 aromatic carbocycles. The minimum atomic E-state index is 0.820. The molecule has 0 aliphatic carbocycles. The van der Waals surface area contributed by atoms with Gasteiger partial charge in [-0.1, -0.05) is 64.5 Å². The van der Waals surface area contributed by atoms with Gasteiger partial charge < -0.3 is 0 Å². The number of aromatic nitrogens is 2. The van der Waals surface area contributed by atoms with E-state index in [1.807, 2.05) is 18.5 Å². The molecule has 2 heteroatoms. The molecular weight excluding hydrogens is 328 g/mol. The monoisotopic (exact) mass is 367 g/mol. The second kappa shape index (κ2) is 13.5. The average molecular weight is 368 g/mol. The molecule has 2 heterocycles. The second-order valence-corrected chi connectivity index (χ2v) is 8.37. The Balaban J connectivity index is 1.42. The molecule has 2 aromatic heterocycles. The third kappa shape index (κ3) is 10.3. The van der Waals surface area contributed by atoms with Crippen LogP contribution in [0, 0.1) is 11.8 Å². The molecule has 0 saturated heterocycles. The summed E-state index contributed by atoms with van der Waals surface area (Å²) in [5.74, 6) is 1.69. The van der Waals surface area contributed by atoms with Crippen molar-refractivity contribution in [2.75, 3.05) is 0 Å². The van der Waals surface area contributed by atoms with Crippen LogP contribution >= 0.6 is 0 Å². The fourth-order valence-corrected chi connectivity index (χ4v) is 3.95. The second-order valence-electron chi connectivity index (χ2n) is 8.37. The van der Waals surface area contributed by atoms with Gasteiger partial charge in [-0.15, -0.1) is 0 Å². The zero-order valence-electron chi connectivity index (χ0n) is 17.5. The lowest BCUT2D eigenvalue weighted by molar-refractivity contribution is -0.698. The predicted molar refractivity (Wildman–Crippen MR) is 114 cm³/mol. The molecule has 0 bridgehead atoms. The van der Waals surface area contributed by atoms with Gasteiger partial charge in [-0.2, -0.15) is 0 Å². The van der Waals surface area contributed by atoms with E-state index in [2.05, 4.69) is 60.1 Å². The smallest absolute Gasteiger partial charge is 0.168 e. The quantitative estimate of drug-likeness (QED) is 0.279. The molecule has 0 saturated carbocycles. The third-order valence-electron chi connectivity index (χ3n) is 5.60. The highest BCUT2D eigenvalue weighted by Crippen LogP contribution is 2.21. The largest absolute Gasteiger partial charge is 0.264 e. The van der Waals surface area contributed by atoms with Crippen molar-refractivity contribution in [2.45, 2.75) is 84.6 Å². The minimum Gasteiger partial charge on any atom is -0.264 e. The van der Waals surface area contributed by atoms with Crippen LogP contribution in [0.1, 0.15) is 77.2 Å². The zero-order valence-corrected chi connectivity index (χ0v) is 17.5. The molecule has 0 radical (unpaired) electrons. The maximum Gasteiger partial charge on any atom is 0.168 e. The number of pyridine rings is 2. The molecule has 2 atom stereocenters. The molecule has 2 nitrogen and oxygen atoms in total. The first-order valence-electron chi connectivity index (χ1n) is 11.1. The Morgan fingerprint density at radius 3 is 2.26 bits per heavy atom. The summed E-state index contributed by atoms with van der Waals surface area (Å²) in [5.41, 5.74) is 1.38. The summed E-state index contributed by atoms with van der Waals surface area (Å²) in [4.78, 5) is 4.19. The first-order chi connectivity index (χ1) is 13.2. The lowest BCUT2D eigenvalue weighted by atomic mass is 9.90. The lowest BCUT2D eigenvalue weighted by Gasteiger charge is -2.16. The first-order valence-corrected chi connectivity index (χ1v) is 11.1. The number of nitrogens with zero attached hydrogens (tertiary/aromatic N) is 2. The van der Waals surface area contributed by atoms with Crippen molar-refractivity contribution < 1.29 is 4.57 Å². The van der Waals surface area contributed by atoms with E-state index >= 15 is 0 Å². The van der Waals surface area contributed by atoms with Gasteiger partial charge in [-0.25, -0.2) is 4.57 Å². The molecule has 0 spiro atoms. The van der Waals surface area contributed by atoms with Gasteiger partial charge in [0.1, 0.15) is 6.54 Å². The van der Waals surface area contributed by atoms with Gasteiger partial charge >= 0.3 is 0 Å². The van der Waals surface area contributed by atoms with E-state index in [9.17, 15) is 0 Å². The van der Waals surface area contributed by atoms with Gasteiger partial charge in [0.25, 0.3) is 0 Å². The third-order valence-corrected chi connectivity index (χ3v) is 5.60. The van der Waals surface area contributed by atoms with Crippen LogP contribution in [0.15, 0.2) is 55.1 Å². The summed E-state index contributed by atoms with van der Waals surface area (Å²) in [6, 6.07) is 10.5. The molecule has 2 unspecified atom stereocenters. The summed E-state index contributed by atoms with van der Waals surface area (Å²) in [6.07, 6.45) is 21.7. The number of hydrogen-bond acceptors (Lipinski definition) is 1. The van der Waals surface area contributed by atoms with Gasteiger partial charge in [-0.05, 0) is 42.7 Å².